The van der Waals surface area contributed by atoms with Gasteiger partial charge in [-0.2, -0.15) is 0 Å². The smallest absolute Gasteiger partial charge is 0.312 e. The molecule has 0 saturated carbocycles. The topological polar surface area (TPSA) is 77.3 Å². The lowest BCUT2D eigenvalue weighted by atomic mass is 10.3. The summed E-state index contributed by atoms with van der Waals surface area (Å²) in [5.74, 6) is 0.0811. The van der Waals surface area contributed by atoms with E-state index in [0.29, 0.717) is 0 Å². The molecular formula is C12H12ClN3O3S. The van der Waals surface area contributed by atoms with Crippen molar-refractivity contribution in [3.63, 3.8) is 0 Å². The number of anilines is 1. The number of nitrogens with one attached hydrogen (secondary N) is 1. The second-order valence-corrected chi connectivity index (χ2v) is 5.32. The fraction of sp³-hybridized carbons (Fsp3) is 0.250. The van der Waals surface area contributed by atoms with Crippen LogP contribution in [0.15, 0.2) is 24.4 Å². The Morgan fingerprint density at radius 2 is 2.35 bits per heavy atom. The van der Waals surface area contributed by atoms with Crippen LogP contribution < -0.4 is 10.1 Å². The van der Waals surface area contributed by atoms with Gasteiger partial charge in [0.05, 0.1) is 14.8 Å². The summed E-state index contributed by atoms with van der Waals surface area (Å²) < 4.78 is 5.48. The third kappa shape index (κ3) is 3.37. The highest BCUT2D eigenvalue weighted by Crippen LogP contribution is 2.35. The Morgan fingerprint density at radius 3 is 3.05 bits per heavy atom. The van der Waals surface area contributed by atoms with Gasteiger partial charge in [-0.05, 0) is 13.0 Å². The first-order valence-corrected chi connectivity index (χ1v) is 7.05. The third-order valence-electron chi connectivity index (χ3n) is 2.38. The van der Waals surface area contributed by atoms with Crippen LogP contribution in [0.3, 0.4) is 0 Å². The molecule has 0 spiro atoms. The van der Waals surface area contributed by atoms with E-state index in [2.05, 4.69) is 10.3 Å². The fourth-order valence-corrected chi connectivity index (χ4v) is 2.55. The minimum atomic E-state index is -0.516. The standard InChI is InChI=1S/C12H12ClN3O3S/c1-2-14-12-15-6-8(20-12)7-19-11-9(13)4-3-5-10(11)16(17)18/h3-6H,2,7H2,1H3,(H,14,15). The highest BCUT2D eigenvalue weighted by molar-refractivity contribution is 7.15. The van der Waals surface area contributed by atoms with Crippen molar-refractivity contribution in [3.8, 4) is 5.75 Å². The van der Waals surface area contributed by atoms with E-state index in [9.17, 15) is 10.1 Å². The molecule has 0 aliphatic rings. The lowest BCUT2D eigenvalue weighted by Gasteiger charge is -2.06. The molecule has 2 aromatic rings. The van der Waals surface area contributed by atoms with Crippen LogP contribution in [0.2, 0.25) is 5.02 Å². The number of hydrogen-bond donors (Lipinski definition) is 1. The molecule has 2 rings (SSSR count). The van der Waals surface area contributed by atoms with E-state index < -0.39 is 4.92 Å². The van der Waals surface area contributed by atoms with E-state index in [4.69, 9.17) is 16.3 Å². The van der Waals surface area contributed by atoms with E-state index in [-0.39, 0.29) is 23.1 Å². The monoisotopic (exact) mass is 313 g/mol. The van der Waals surface area contributed by atoms with Crippen LogP contribution >= 0.6 is 22.9 Å². The summed E-state index contributed by atoms with van der Waals surface area (Å²) in [4.78, 5) is 15.4. The van der Waals surface area contributed by atoms with E-state index in [1.54, 1.807) is 12.3 Å². The maximum Gasteiger partial charge on any atom is 0.312 e. The first-order chi connectivity index (χ1) is 9.61. The van der Waals surface area contributed by atoms with Gasteiger partial charge in [-0.1, -0.05) is 29.0 Å². The van der Waals surface area contributed by atoms with Gasteiger partial charge in [-0.25, -0.2) is 4.98 Å². The summed E-state index contributed by atoms with van der Waals surface area (Å²) in [7, 11) is 0. The summed E-state index contributed by atoms with van der Waals surface area (Å²) >= 11 is 7.38. The van der Waals surface area contributed by atoms with Crippen LogP contribution in [0.25, 0.3) is 0 Å². The third-order valence-corrected chi connectivity index (χ3v) is 3.61. The van der Waals surface area contributed by atoms with Crippen molar-refractivity contribution >= 4 is 33.8 Å². The van der Waals surface area contributed by atoms with Crippen LogP contribution in [0, 0.1) is 10.1 Å². The Balaban J connectivity index is 2.12. The molecule has 0 bridgehead atoms. The number of halogens is 1. The predicted molar refractivity (Wildman–Crippen MR) is 78.7 cm³/mol. The lowest BCUT2D eigenvalue weighted by Crippen LogP contribution is -1.98. The molecule has 1 aromatic heterocycles. The van der Waals surface area contributed by atoms with Crippen molar-refractivity contribution in [1.29, 1.82) is 0 Å². The van der Waals surface area contributed by atoms with E-state index >= 15 is 0 Å². The second kappa shape index (κ2) is 6.53. The maximum absolute atomic E-state index is 10.9. The second-order valence-electron chi connectivity index (χ2n) is 3.80. The van der Waals surface area contributed by atoms with Crippen LogP contribution in [-0.4, -0.2) is 16.5 Å². The summed E-state index contributed by atoms with van der Waals surface area (Å²) in [6.45, 7) is 2.95. The van der Waals surface area contributed by atoms with E-state index in [1.165, 1.54) is 23.5 Å². The number of para-hydroxylation sites is 1. The molecule has 0 saturated heterocycles. The van der Waals surface area contributed by atoms with Gasteiger partial charge in [0.15, 0.2) is 5.13 Å². The van der Waals surface area contributed by atoms with Crippen molar-refractivity contribution in [3.05, 3.63) is 44.4 Å². The number of nitro groups is 1. The summed E-state index contributed by atoms with van der Waals surface area (Å²) in [5.41, 5.74) is -0.145. The minimum absolute atomic E-state index is 0.0811. The fourth-order valence-electron chi connectivity index (χ4n) is 1.53. The van der Waals surface area contributed by atoms with Gasteiger partial charge in [-0.15, -0.1) is 0 Å². The molecule has 106 valence electrons. The number of nitrogens with zero attached hydrogens (tertiary/aromatic N) is 2. The van der Waals surface area contributed by atoms with Gasteiger partial charge >= 0.3 is 5.69 Å². The van der Waals surface area contributed by atoms with Crippen LogP contribution in [0.4, 0.5) is 10.8 Å². The quantitative estimate of drug-likeness (QED) is 0.649. The van der Waals surface area contributed by atoms with Gasteiger partial charge in [0.25, 0.3) is 0 Å². The molecular weight excluding hydrogens is 302 g/mol. The van der Waals surface area contributed by atoms with Crippen molar-refractivity contribution < 1.29 is 9.66 Å². The zero-order valence-corrected chi connectivity index (χ0v) is 12.2. The van der Waals surface area contributed by atoms with Gasteiger partial charge in [0, 0.05) is 18.8 Å². The molecule has 8 heteroatoms. The van der Waals surface area contributed by atoms with Crippen LogP contribution in [0.1, 0.15) is 11.8 Å². The number of hydrogen-bond acceptors (Lipinski definition) is 6. The Labute approximate surface area is 124 Å². The summed E-state index contributed by atoms with van der Waals surface area (Å²) in [5, 5.41) is 15.0. The SMILES string of the molecule is CCNc1ncc(COc2c(Cl)cccc2[N+](=O)[O-])s1. The Hall–Kier alpha value is -1.86. The van der Waals surface area contributed by atoms with Gasteiger partial charge < -0.3 is 10.1 Å². The predicted octanol–water partition coefficient (Wildman–Crippen LogP) is 3.72. The molecule has 0 fully saturated rings. The van der Waals surface area contributed by atoms with E-state index in [0.717, 1.165) is 16.6 Å². The summed E-state index contributed by atoms with van der Waals surface area (Å²) in [6.07, 6.45) is 1.67. The number of rotatable bonds is 6. The average molecular weight is 314 g/mol. The largest absolute Gasteiger partial charge is 0.480 e. The first-order valence-electron chi connectivity index (χ1n) is 5.86. The minimum Gasteiger partial charge on any atom is -0.480 e. The number of benzene rings is 1. The average Bonchev–Trinajstić information content (AvgIpc) is 2.85. The zero-order valence-electron chi connectivity index (χ0n) is 10.6. The van der Waals surface area contributed by atoms with Gasteiger partial charge in [0.2, 0.25) is 5.75 Å². The molecule has 0 amide bonds. The lowest BCUT2D eigenvalue weighted by molar-refractivity contribution is -0.385. The highest BCUT2D eigenvalue weighted by Gasteiger charge is 2.18. The van der Waals surface area contributed by atoms with Crippen LogP contribution in [0.5, 0.6) is 5.75 Å². The molecule has 0 aliphatic carbocycles. The Morgan fingerprint density at radius 1 is 1.55 bits per heavy atom. The molecule has 0 unspecified atom stereocenters. The number of thiazole rings is 1. The molecule has 1 aromatic carbocycles. The van der Waals surface area contributed by atoms with Crippen LogP contribution in [-0.2, 0) is 6.61 Å². The Kier molecular flexibility index (Phi) is 4.75. The normalized spacial score (nSPS) is 10.3. The maximum atomic E-state index is 10.9. The van der Waals surface area contributed by atoms with Gasteiger partial charge in [0.1, 0.15) is 6.61 Å². The molecule has 0 aliphatic heterocycles. The number of aromatic nitrogens is 1. The first kappa shape index (κ1) is 14.5. The molecule has 20 heavy (non-hydrogen) atoms. The molecule has 0 atom stereocenters. The van der Waals surface area contributed by atoms with Crippen molar-refractivity contribution in [1.82, 2.24) is 4.98 Å². The zero-order chi connectivity index (χ0) is 14.5. The van der Waals surface area contributed by atoms with Crippen molar-refractivity contribution in [2.75, 3.05) is 11.9 Å². The van der Waals surface area contributed by atoms with Gasteiger partial charge in [-0.3, -0.25) is 10.1 Å². The number of nitro benzene ring substituents is 1. The molecule has 1 N–H and O–H groups in total. The number of ether oxygens (including phenoxy) is 1. The molecule has 0 radical (unpaired) electrons. The van der Waals surface area contributed by atoms with Crippen molar-refractivity contribution in [2.45, 2.75) is 13.5 Å². The van der Waals surface area contributed by atoms with E-state index in [1.807, 2.05) is 6.92 Å². The Bertz CT molecular complexity index is 618. The highest BCUT2D eigenvalue weighted by atomic mass is 35.5. The molecule has 1 heterocycles. The van der Waals surface area contributed by atoms with Crippen molar-refractivity contribution in [2.24, 2.45) is 0 Å². The molecule has 6 nitrogen and oxygen atoms in total. The summed E-state index contributed by atoms with van der Waals surface area (Å²) in [6, 6.07) is 4.43.